The van der Waals surface area contributed by atoms with Crippen molar-refractivity contribution in [3.8, 4) is 5.75 Å². The smallest absolute Gasteiger partial charge is 0.308 e. The lowest BCUT2D eigenvalue weighted by atomic mass is 9.98. The standard InChI is InChI=1S/C32H39N7O8S/c1-19(40)47-30-27(28(42)29(30)43)35-12-14-39(23-9-10-23)31(44)25(16-26(41)36-17-20-5-4-13-38(18-20)32(33)34)37-48(45,46)24-11-8-21-6-2-3-7-22(21)15-24/h2-3,6-8,11,15,20,23,25,35,37H,4-5,9-10,12-14,16-18H2,1H3,(H3,33,34)(H,36,41)/t20-,25-/m0/s1. The van der Waals surface area contributed by atoms with Crippen molar-refractivity contribution < 1.29 is 27.5 Å². The number of amides is 2. The van der Waals surface area contributed by atoms with Gasteiger partial charge in [-0.1, -0.05) is 30.3 Å². The van der Waals surface area contributed by atoms with E-state index in [1.54, 1.807) is 23.1 Å². The number of nitrogens with one attached hydrogen (secondary N) is 4. The van der Waals surface area contributed by atoms with E-state index < -0.39 is 51.1 Å². The Kier molecular flexibility index (Phi) is 10.4. The number of rotatable bonds is 14. The highest BCUT2D eigenvalue weighted by atomic mass is 32.2. The molecular formula is C32H39N7O8S. The van der Waals surface area contributed by atoms with Gasteiger partial charge in [-0.25, -0.2) is 8.42 Å². The van der Waals surface area contributed by atoms with Crippen LogP contribution in [-0.4, -0.2) is 86.8 Å². The summed E-state index contributed by atoms with van der Waals surface area (Å²) in [5.74, 6) is -2.32. The number of benzene rings is 2. The van der Waals surface area contributed by atoms with Crippen LogP contribution in [0.25, 0.3) is 10.8 Å². The fourth-order valence-corrected chi connectivity index (χ4v) is 7.09. The Morgan fingerprint density at radius 3 is 2.50 bits per heavy atom. The summed E-state index contributed by atoms with van der Waals surface area (Å²) in [6, 6.07) is 10.2. The highest BCUT2D eigenvalue weighted by molar-refractivity contribution is 7.89. The topological polar surface area (TPSA) is 221 Å². The lowest BCUT2D eigenvalue weighted by Gasteiger charge is -2.33. The zero-order valence-corrected chi connectivity index (χ0v) is 27.3. The number of anilines is 1. The average Bonchev–Trinajstić information content (AvgIpc) is 3.91. The van der Waals surface area contributed by atoms with E-state index in [-0.39, 0.29) is 53.9 Å². The molecule has 2 atom stereocenters. The van der Waals surface area contributed by atoms with Crippen LogP contribution in [0, 0.1) is 11.3 Å². The summed E-state index contributed by atoms with van der Waals surface area (Å²) in [6.07, 6.45) is 2.47. The van der Waals surface area contributed by atoms with Crippen LogP contribution in [0.1, 0.15) is 39.0 Å². The SMILES string of the molecule is CC(=O)Oc1c(NCCN(C(=O)[C@H](CC(=O)NC[C@@H]2CCCN(C(=N)N)C2)NS(=O)(=O)c2ccc3ccccc3c2)C2CC2)c(=O)c1=O. The number of esters is 1. The number of piperidine rings is 1. The number of fused-ring (bicyclic) bond motifs is 1. The molecule has 16 heteroatoms. The number of carbonyl (C=O) groups excluding carboxylic acids is 3. The lowest BCUT2D eigenvalue weighted by molar-refractivity contribution is -0.136. The molecular weight excluding hydrogens is 642 g/mol. The predicted octanol–water partition coefficient (Wildman–Crippen LogP) is 0.223. The molecule has 0 spiro atoms. The van der Waals surface area contributed by atoms with Gasteiger partial charge in [0.25, 0.3) is 10.9 Å². The minimum Gasteiger partial charge on any atom is -0.420 e. The van der Waals surface area contributed by atoms with Crippen LogP contribution < -0.4 is 36.7 Å². The van der Waals surface area contributed by atoms with Gasteiger partial charge < -0.3 is 30.9 Å². The van der Waals surface area contributed by atoms with Crippen LogP contribution in [0.15, 0.2) is 56.9 Å². The first-order chi connectivity index (χ1) is 22.8. The molecule has 6 N–H and O–H groups in total. The van der Waals surface area contributed by atoms with Gasteiger partial charge in [-0.3, -0.25) is 29.4 Å². The van der Waals surface area contributed by atoms with Crippen molar-refractivity contribution in [3.05, 3.63) is 62.9 Å². The van der Waals surface area contributed by atoms with Crippen LogP contribution >= 0.6 is 0 Å². The number of hydrogen-bond acceptors (Lipinski definition) is 10. The highest BCUT2D eigenvalue weighted by Crippen LogP contribution is 2.28. The number of likely N-dealkylation sites (tertiary alicyclic amines) is 1. The molecule has 15 nitrogen and oxygen atoms in total. The molecule has 0 bridgehead atoms. The van der Waals surface area contributed by atoms with Crippen LogP contribution in [0.3, 0.4) is 0 Å². The number of nitrogens with two attached hydrogens (primary N) is 1. The second-order valence-electron chi connectivity index (χ2n) is 12.2. The first kappa shape index (κ1) is 34.5. The Labute approximate surface area is 277 Å². The Morgan fingerprint density at radius 2 is 1.81 bits per heavy atom. The lowest BCUT2D eigenvalue weighted by Crippen LogP contribution is -2.52. The maximum atomic E-state index is 14.0. The van der Waals surface area contributed by atoms with Crippen LogP contribution in [0.5, 0.6) is 5.75 Å². The molecule has 1 aliphatic carbocycles. The van der Waals surface area contributed by atoms with E-state index in [1.807, 2.05) is 12.1 Å². The largest absolute Gasteiger partial charge is 0.420 e. The van der Waals surface area contributed by atoms with Crippen LogP contribution in [-0.2, 0) is 24.4 Å². The van der Waals surface area contributed by atoms with E-state index in [1.165, 1.54) is 17.0 Å². The second-order valence-corrected chi connectivity index (χ2v) is 13.9. The number of sulfonamides is 1. The molecule has 2 fully saturated rings. The first-order valence-corrected chi connectivity index (χ1v) is 17.2. The predicted molar refractivity (Wildman–Crippen MR) is 178 cm³/mol. The van der Waals surface area contributed by atoms with Crippen molar-refractivity contribution in [1.82, 2.24) is 19.8 Å². The van der Waals surface area contributed by atoms with Crippen molar-refractivity contribution in [2.24, 2.45) is 11.7 Å². The van der Waals surface area contributed by atoms with Gasteiger partial charge in [0.15, 0.2) is 5.96 Å². The summed E-state index contributed by atoms with van der Waals surface area (Å²) in [5.41, 5.74) is 3.69. The molecule has 2 aliphatic rings. The molecule has 1 heterocycles. The van der Waals surface area contributed by atoms with Crippen LogP contribution in [0.4, 0.5) is 5.69 Å². The minimum absolute atomic E-state index is 0.00791. The molecule has 1 aliphatic heterocycles. The van der Waals surface area contributed by atoms with E-state index in [0.717, 1.165) is 25.2 Å². The summed E-state index contributed by atoms with van der Waals surface area (Å²) in [4.78, 5) is 65.6. The number of carbonyl (C=O) groups is 3. The first-order valence-electron chi connectivity index (χ1n) is 15.8. The molecule has 1 saturated carbocycles. The fraction of sp³-hybridized carbons (Fsp3) is 0.438. The van der Waals surface area contributed by atoms with Crippen molar-refractivity contribution in [2.75, 3.05) is 38.0 Å². The Morgan fingerprint density at radius 1 is 1.08 bits per heavy atom. The highest BCUT2D eigenvalue weighted by Gasteiger charge is 2.38. The number of ether oxygens (including phenoxy) is 1. The average molecular weight is 682 g/mol. The Hall–Kier alpha value is -4.83. The quantitative estimate of drug-likeness (QED) is 0.0670. The molecule has 1 saturated heterocycles. The fourth-order valence-electron chi connectivity index (χ4n) is 5.87. The monoisotopic (exact) mass is 681 g/mol. The van der Waals surface area contributed by atoms with Gasteiger partial charge in [0.1, 0.15) is 11.7 Å². The Balaban J connectivity index is 1.32. The molecule has 0 aromatic heterocycles. The van der Waals surface area contributed by atoms with E-state index in [2.05, 4.69) is 15.4 Å². The minimum atomic E-state index is -4.27. The summed E-state index contributed by atoms with van der Waals surface area (Å²) in [6.45, 7) is 2.53. The van der Waals surface area contributed by atoms with Crippen molar-refractivity contribution in [1.29, 1.82) is 5.41 Å². The molecule has 3 aromatic rings. The van der Waals surface area contributed by atoms with E-state index in [9.17, 15) is 32.4 Å². The summed E-state index contributed by atoms with van der Waals surface area (Å²) in [7, 11) is -4.27. The van der Waals surface area contributed by atoms with Gasteiger partial charge in [0.05, 0.1) is 11.3 Å². The van der Waals surface area contributed by atoms with Gasteiger partial charge in [0, 0.05) is 45.7 Å². The van der Waals surface area contributed by atoms with Gasteiger partial charge in [-0.15, -0.1) is 0 Å². The number of guanidine groups is 1. The zero-order valence-electron chi connectivity index (χ0n) is 26.5. The Bertz CT molecular complexity index is 1900. The van der Waals surface area contributed by atoms with Crippen LogP contribution in [0.2, 0.25) is 0 Å². The maximum absolute atomic E-state index is 14.0. The third-order valence-electron chi connectivity index (χ3n) is 8.50. The third-order valence-corrected chi connectivity index (χ3v) is 9.97. The molecule has 5 rings (SSSR count). The number of nitrogens with zero attached hydrogens (tertiary/aromatic N) is 2. The summed E-state index contributed by atoms with van der Waals surface area (Å²) < 4.78 is 34.6. The molecule has 2 amide bonds. The normalized spacial score (nSPS) is 17.1. The van der Waals surface area contributed by atoms with Gasteiger partial charge in [0.2, 0.25) is 27.6 Å². The molecule has 0 radical (unpaired) electrons. The van der Waals surface area contributed by atoms with Crippen molar-refractivity contribution >= 4 is 50.2 Å². The van der Waals surface area contributed by atoms with Gasteiger partial charge in [-0.05, 0) is 54.5 Å². The van der Waals surface area contributed by atoms with E-state index in [0.29, 0.717) is 31.3 Å². The van der Waals surface area contributed by atoms with Crippen molar-refractivity contribution in [2.45, 2.75) is 56.0 Å². The molecule has 0 unspecified atom stereocenters. The maximum Gasteiger partial charge on any atom is 0.308 e. The van der Waals surface area contributed by atoms with E-state index in [4.69, 9.17) is 15.9 Å². The number of hydrogen-bond donors (Lipinski definition) is 5. The third kappa shape index (κ3) is 8.17. The second kappa shape index (κ2) is 14.5. The van der Waals surface area contributed by atoms with Gasteiger partial charge in [-0.2, -0.15) is 4.72 Å². The van der Waals surface area contributed by atoms with Gasteiger partial charge >= 0.3 is 5.97 Å². The molecule has 3 aromatic carbocycles. The molecule has 48 heavy (non-hydrogen) atoms. The zero-order chi connectivity index (χ0) is 34.6. The van der Waals surface area contributed by atoms with E-state index >= 15 is 0 Å². The summed E-state index contributed by atoms with van der Waals surface area (Å²) in [5, 5.41) is 14.8. The summed E-state index contributed by atoms with van der Waals surface area (Å²) >= 11 is 0. The molecule has 256 valence electrons. The van der Waals surface area contributed by atoms with Crippen molar-refractivity contribution in [3.63, 3.8) is 0 Å².